The predicted octanol–water partition coefficient (Wildman–Crippen LogP) is 1.96. The van der Waals surface area contributed by atoms with Crippen molar-refractivity contribution in [3.63, 3.8) is 0 Å². The lowest BCUT2D eigenvalue weighted by atomic mass is 10.4. The summed E-state index contributed by atoms with van der Waals surface area (Å²) in [6, 6.07) is 4.17. The minimum Gasteiger partial charge on any atom is -0.227 e. The summed E-state index contributed by atoms with van der Waals surface area (Å²) in [4.78, 5) is 0.175. The molecule has 0 aromatic heterocycles. The van der Waals surface area contributed by atoms with Crippen LogP contribution in [0.2, 0.25) is 10.0 Å². The van der Waals surface area contributed by atoms with Gasteiger partial charge in [-0.15, -0.1) is 0 Å². The summed E-state index contributed by atoms with van der Waals surface area (Å²) in [5, 5.41) is 0.607. The molecule has 0 amide bonds. The molecule has 0 aliphatic carbocycles. The van der Waals surface area contributed by atoms with Crippen molar-refractivity contribution in [1.29, 1.82) is 0 Å². The van der Waals surface area contributed by atoms with E-state index < -0.39 is 10.7 Å². The van der Waals surface area contributed by atoms with E-state index in [0.717, 1.165) is 0 Å². The molecule has 0 atom stereocenters. The highest BCUT2D eigenvalue weighted by Crippen LogP contribution is 2.22. The van der Waals surface area contributed by atoms with E-state index in [9.17, 15) is 8.42 Å². The van der Waals surface area contributed by atoms with Gasteiger partial charge in [0, 0.05) is 0 Å². The average molecular weight is 211 g/mol. The molecule has 1 aromatic carbocycles. The van der Waals surface area contributed by atoms with Gasteiger partial charge >= 0.3 is 0 Å². The van der Waals surface area contributed by atoms with Crippen LogP contribution in [0, 0.1) is 0 Å². The number of hydrogen-bond acceptors (Lipinski definition) is 2. The zero-order valence-corrected chi connectivity index (χ0v) is 7.66. The second-order valence-corrected chi connectivity index (χ2v) is 3.70. The van der Waals surface area contributed by atoms with Crippen LogP contribution in [0.1, 0.15) is 0 Å². The third kappa shape index (κ3) is 2.09. The molecule has 0 bridgehead atoms. The van der Waals surface area contributed by atoms with Crippen LogP contribution in [0.3, 0.4) is 0 Å². The third-order valence-corrected chi connectivity index (χ3v) is 2.55. The molecule has 0 N–H and O–H groups in total. The normalized spacial score (nSPS) is 10.5. The lowest BCUT2D eigenvalue weighted by Crippen LogP contribution is -1.79. The number of benzene rings is 1. The molecule has 1 aromatic rings. The number of hydrogen-bond donors (Lipinski definition) is 1. The molecule has 0 aliphatic heterocycles. The first-order valence-electron chi connectivity index (χ1n) is 2.70. The first-order chi connectivity index (χ1) is 5.11. The second kappa shape index (κ2) is 3.43. The van der Waals surface area contributed by atoms with Crippen molar-refractivity contribution in [1.82, 2.24) is 0 Å². The Labute approximate surface area is 75.7 Å². The van der Waals surface area contributed by atoms with Crippen molar-refractivity contribution in [2.45, 2.75) is 4.90 Å². The minimum atomic E-state index is -2.57. The van der Waals surface area contributed by atoms with Gasteiger partial charge in [0.25, 0.3) is 0 Å². The zero-order chi connectivity index (χ0) is 8.43. The quantitative estimate of drug-likeness (QED) is 0.720. The topological polar surface area (TPSA) is 34.1 Å². The molecule has 0 unspecified atom stereocenters. The van der Waals surface area contributed by atoms with Gasteiger partial charge in [0.15, 0.2) is 10.7 Å². The highest BCUT2D eigenvalue weighted by atomic mass is 35.5. The SMILES string of the molecule is O=[SH](=O)c1ccc(Cl)c(Cl)c1. The Morgan fingerprint density at radius 3 is 2.18 bits per heavy atom. The van der Waals surface area contributed by atoms with Gasteiger partial charge in [-0.25, -0.2) is 8.42 Å². The highest BCUT2D eigenvalue weighted by Gasteiger charge is 1.99. The standard InChI is InChI=1S/C6H4Cl2O2S/c7-5-2-1-4(11(9)10)3-6(5)8/h1-3,11H. The van der Waals surface area contributed by atoms with Crippen molar-refractivity contribution >= 4 is 33.9 Å². The zero-order valence-electron chi connectivity index (χ0n) is 5.25. The van der Waals surface area contributed by atoms with E-state index in [0.29, 0.717) is 5.02 Å². The smallest absolute Gasteiger partial charge is 0.168 e. The highest BCUT2D eigenvalue weighted by molar-refractivity contribution is 7.72. The molecule has 1 rings (SSSR count). The van der Waals surface area contributed by atoms with Gasteiger partial charge in [-0.1, -0.05) is 23.2 Å². The van der Waals surface area contributed by atoms with Crippen LogP contribution in [-0.2, 0) is 10.7 Å². The number of rotatable bonds is 1. The second-order valence-electron chi connectivity index (χ2n) is 1.86. The summed E-state index contributed by atoms with van der Waals surface area (Å²) >= 11 is 11.1. The molecule has 0 saturated heterocycles. The molecule has 0 spiro atoms. The van der Waals surface area contributed by atoms with E-state index in [4.69, 9.17) is 23.2 Å². The van der Waals surface area contributed by atoms with E-state index in [1.165, 1.54) is 18.2 Å². The Kier molecular flexibility index (Phi) is 2.76. The lowest BCUT2D eigenvalue weighted by molar-refractivity contribution is 0.614. The van der Waals surface area contributed by atoms with Crippen molar-refractivity contribution in [2.75, 3.05) is 0 Å². The summed E-state index contributed by atoms with van der Waals surface area (Å²) in [6.45, 7) is 0. The van der Waals surface area contributed by atoms with Crippen LogP contribution in [0.15, 0.2) is 23.1 Å². The van der Waals surface area contributed by atoms with Crippen LogP contribution in [0.4, 0.5) is 0 Å². The average Bonchev–Trinajstić information content (AvgIpc) is 1.94. The van der Waals surface area contributed by atoms with Gasteiger partial charge in [0.2, 0.25) is 0 Å². The fourth-order valence-corrected chi connectivity index (χ4v) is 1.40. The number of thiol groups is 1. The Hall–Kier alpha value is -0.250. The van der Waals surface area contributed by atoms with E-state index in [-0.39, 0.29) is 9.92 Å². The van der Waals surface area contributed by atoms with Crippen LogP contribution in [0.5, 0.6) is 0 Å². The third-order valence-electron chi connectivity index (χ3n) is 1.11. The first kappa shape index (κ1) is 8.84. The summed E-state index contributed by atoms with van der Waals surface area (Å²) in [5.74, 6) is 0. The maximum atomic E-state index is 10.4. The van der Waals surface area contributed by atoms with Crippen LogP contribution >= 0.6 is 23.2 Å². The molecule has 0 radical (unpaired) electrons. The first-order valence-corrected chi connectivity index (χ1v) is 4.64. The molecule has 0 saturated carbocycles. The Morgan fingerprint density at radius 1 is 1.09 bits per heavy atom. The van der Waals surface area contributed by atoms with E-state index in [1.54, 1.807) is 0 Å². The van der Waals surface area contributed by atoms with Crippen molar-refractivity contribution in [3.8, 4) is 0 Å². The fourth-order valence-electron chi connectivity index (χ4n) is 0.599. The molecule has 11 heavy (non-hydrogen) atoms. The van der Waals surface area contributed by atoms with Gasteiger partial charge in [0.05, 0.1) is 14.9 Å². The lowest BCUT2D eigenvalue weighted by Gasteiger charge is -1.94. The van der Waals surface area contributed by atoms with Gasteiger partial charge in [-0.3, -0.25) is 0 Å². The molecule has 60 valence electrons. The van der Waals surface area contributed by atoms with Crippen molar-refractivity contribution in [3.05, 3.63) is 28.2 Å². The fraction of sp³-hybridized carbons (Fsp3) is 0. The Morgan fingerprint density at radius 2 is 1.73 bits per heavy atom. The molecule has 0 fully saturated rings. The molecular formula is C6H4Cl2O2S. The Balaban J connectivity index is 3.26. The maximum absolute atomic E-state index is 10.4. The van der Waals surface area contributed by atoms with Gasteiger partial charge < -0.3 is 0 Å². The summed E-state index contributed by atoms with van der Waals surface area (Å²) in [5.41, 5.74) is 0. The Bertz CT molecular complexity index is 338. The van der Waals surface area contributed by atoms with Crippen LogP contribution < -0.4 is 0 Å². The van der Waals surface area contributed by atoms with E-state index in [2.05, 4.69) is 0 Å². The van der Waals surface area contributed by atoms with Gasteiger partial charge in [-0.05, 0) is 18.2 Å². The maximum Gasteiger partial charge on any atom is 0.168 e. The summed E-state index contributed by atoms with van der Waals surface area (Å²) in [7, 11) is -2.57. The van der Waals surface area contributed by atoms with Crippen LogP contribution in [0.25, 0.3) is 0 Å². The summed E-state index contributed by atoms with van der Waals surface area (Å²) < 4.78 is 20.8. The van der Waals surface area contributed by atoms with E-state index in [1.807, 2.05) is 0 Å². The summed E-state index contributed by atoms with van der Waals surface area (Å²) in [6.07, 6.45) is 0. The monoisotopic (exact) mass is 210 g/mol. The van der Waals surface area contributed by atoms with Crippen LogP contribution in [-0.4, -0.2) is 8.42 Å². The molecular weight excluding hydrogens is 207 g/mol. The van der Waals surface area contributed by atoms with E-state index >= 15 is 0 Å². The molecule has 0 aliphatic rings. The largest absolute Gasteiger partial charge is 0.227 e. The molecule has 5 heteroatoms. The van der Waals surface area contributed by atoms with Gasteiger partial charge in [0.1, 0.15) is 0 Å². The number of halogens is 2. The van der Waals surface area contributed by atoms with Gasteiger partial charge in [-0.2, -0.15) is 0 Å². The minimum absolute atomic E-state index is 0.175. The van der Waals surface area contributed by atoms with Crippen molar-refractivity contribution < 1.29 is 8.42 Å². The van der Waals surface area contributed by atoms with Crippen molar-refractivity contribution in [2.24, 2.45) is 0 Å². The molecule has 0 heterocycles. The molecule has 2 nitrogen and oxygen atoms in total. The predicted molar refractivity (Wildman–Crippen MR) is 45.0 cm³/mol.